The Bertz CT molecular complexity index is 1780. The van der Waals surface area contributed by atoms with Crippen molar-refractivity contribution in [2.75, 3.05) is 0 Å². The molecule has 2 N–H and O–H groups in total. The van der Waals surface area contributed by atoms with Crippen molar-refractivity contribution in [1.29, 1.82) is 5.26 Å². The fraction of sp³-hybridized carbons (Fsp3) is 0.303. The fourth-order valence-electron chi connectivity index (χ4n) is 5.02. The third-order valence-corrected chi connectivity index (χ3v) is 9.13. The van der Waals surface area contributed by atoms with Crippen LogP contribution in [0.2, 0.25) is 0 Å². The van der Waals surface area contributed by atoms with E-state index in [1.807, 2.05) is 38.1 Å². The summed E-state index contributed by atoms with van der Waals surface area (Å²) >= 11 is 0. The molecule has 4 aromatic rings. The number of aromatic nitrogens is 2. The summed E-state index contributed by atoms with van der Waals surface area (Å²) in [6, 6.07) is 21.8. The highest BCUT2D eigenvalue weighted by molar-refractivity contribution is 7.91. The van der Waals surface area contributed by atoms with Crippen molar-refractivity contribution in [3.63, 3.8) is 0 Å². The molecule has 0 saturated carbocycles. The van der Waals surface area contributed by atoms with E-state index in [4.69, 9.17) is 0 Å². The van der Waals surface area contributed by atoms with Crippen molar-refractivity contribution in [3.05, 3.63) is 106 Å². The molecule has 0 radical (unpaired) electrons. The molecule has 1 atom stereocenters. The minimum atomic E-state index is -4.45. The Hall–Kier alpha value is -4.26. The number of nitriles is 1. The number of hydrogen-bond acceptors (Lipinski definition) is 7. The fourth-order valence-corrected chi connectivity index (χ4v) is 6.37. The molecule has 0 aliphatic heterocycles. The SMILES string of the molecule is CCCCc1nc(=O)c(S(=O)(=O)c2ccc(-c3ccc(C(C)(C)O)cc3)cc2)c(O)n1C(CC)c1cccc(C#N)c1. The number of hydrogen-bond donors (Lipinski definition) is 2. The van der Waals surface area contributed by atoms with Crippen LogP contribution in [0.4, 0.5) is 0 Å². The normalized spacial score (nSPS) is 12.6. The van der Waals surface area contributed by atoms with Crippen LogP contribution in [0, 0.1) is 11.3 Å². The summed E-state index contributed by atoms with van der Waals surface area (Å²) in [5.74, 6) is -0.376. The second-order valence-electron chi connectivity index (χ2n) is 10.8. The van der Waals surface area contributed by atoms with Gasteiger partial charge in [-0.15, -0.1) is 0 Å². The van der Waals surface area contributed by atoms with Crippen molar-refractivity contribution in [2.45, 2.75) is 74.8 Å². The molecule has 218 valence electrons. The molecule has 42 heavy (non-hydrogen) atoms. The second kappa shape index (κ2) is 12.3. The standard InChI is InChI=1S/C33H35N3O5S/c1-5-7-11-29-35-31(37)30(32(38)36(29)28(6-2)25-10-8-9-22(20-25)21-34)42(40,41)27-18-14-24(15-19-27)23-12-16-26(17-13-23)33(3,4)39/h8-10,12-20,28,38-39H,5-7,11H2,1-4H3. The smallest absolute Gasteiger partial charge is 0.296 e. The van der Waals surface area contributed by atoms with Crippen LogP contribution in [-0.4, -0.2) is 28.2 Å². The van der Waals surface area contributed by atoms with Crippen LogP contribution in [0.25, 0.3) is 11.1 Å². The van der Waals surface area contributed by atoms with Gasteiger partial charge in [-0.2, -0.15) is 10.2 Å². The first-order valence-corrected chi connectivity index (χ1v) is 15.4. The maximum absolute atomic E-state index is 13.8. The maximum Gasteiger partial charge on any atom is 0.296 e. The van der Waals surface area contributed by atoms with Gasteiger partial charge < -0.3 is 10.2 Å². The Morgan fingerprint density at radius 2 is 1.62 bits per heavy atom. The molecule has 9 heteroatoms. The van der Waals surface area contributed by atoms with Crippen molar-refractivity contribution in [2.24, 2.45) is 0 Å². The summed E-state index contributed by atoms with van der Waals surface area (Å²) in [5.41, 5.74) is 1.44. The Balaban J connectivity index is 1.81. The third kappa shape index (κ3) is 6.15. The van der Waals surface area contributed by atoms with E-state index in [0.29, 0.717) is 30.4 Å². The van der Waals surface area contributed by atoms with Gasteiger partial charge in [-0.3, -0.25) is 9.36 Å². The first kappa shape index (κ1) is 30.7. The summed E-state index contributed by atoms with van der Waals surface area (Å²) in [7, 11) is -4.45. The van der Waals surface area contributed by atoms with Crippen molar-refractivity contribution < 1.29 is 18.6 Å². The van der Waals surface area contributed by atoms with Crippen molar-refractivity contribution >= 4 is 9.84 Å². The van der Waals surface area contributed by atoms with Gasteiger partial charge in [-0.05, 0) is 73.2 Å². The number of benzene rings is 3. The van der Waals surface area contributed by atoms with Gasteiger partial charge in [0.2, 0.25) is 15.7 Å². The predicted octanol–water partition coefficient (Wildman–Crippen LogP) is 5.89. The summed E-state index contributed by atoms with van der Waals surface area (Å²) < 4.78 is 29.1. The zero-order valence-corrected chi connectivity index (χ0v) is 25.0. The molecular formula is C33H35N3O5S. The Labute approximate surface area is 246 Å². The van der Waals surface area contributed by atoms with Crippen molar-refractivity contribution in [1.82, 2.24) is 9.55 Å². The molecule has 1 heterocycles. The predicted molar refractivity (Wildman–Crippen MR) is 161 cm³/mol. The number of nitrogens with zero attached hydrogens (tertiary/aromatic N) is 3. The van der Waals surface area contributed by atoms with Crippen LogP contribution in [0.5, 0.6) is 5.88 Å². The first-order chi connectivity index (χ1) is 19.9. The summed E-state index contributed by atoms with van der Waals surface area (Å²) in [6.45, 7) is 7.26. The Morgan fingerprint density at radius 1 is 1.00 bits per heavy atom. The van der Waals surface area contributed by atoms with Gasteiger partial charge in [0.1, 0.15) is 5.82 Å². The molecule has 0 aliphatic carbocycles. The molecule has 3 aromatic carbocycles. The number of aliphatic hydroxyl groups is 1. The second-order valence-corrected chi connectivity index (χ2v) is 12.7. The van der Waals surface area contributed by atoms with Crippen LogP contribution in [0.1, 0.15) is 75.5 Å². The van der Waals surface area contributed by atoms with E-state index >= 15 is 0 Å². The van der Waals surface area contributed by atoms with Crippen molar-refractivity contribution in [3.8, 4) is 23.1 Å². The minimum absolute atomic E-state index is 0.152. The van der Waals surface area contributed by atoms with E-state index in [9.17, 15) is 28.7 Å². The quantitative estimate of drug-likeness (QED) is 0.237. The molecule has 0 aliphatic rings. The van der Waals surface area contributed by atoms with Crippen LogP contribution in [0.3, 0.4) is 0 Å². The lowest BCUT2D eigenvalue weighted by Crippen LogP contribution is -2.27. The van der Waals surface area contributed by atoms with Crippen LogP contribution < -0.4 is 5.56 Å². The average molecular weight is 586 g/mol. The molecule has 0 amide bonds. The van der Waals surface area contributed by atoms with Gasteiger partial charge in [0.05, 0.1) is 28.2 Å². The molecule has 8 nitrogen and oxygen atoms in total. The minimum Gasteiger partial charge on any atom is -0.493 e. The van der Waals surface area contributed by atoms with Gasteiger partial charge in [0.15, 0.2) is 4.90 Å². The largest absolute Gasteiger partial charge is 0.493 e. The van der Waals surface area contributed by atoms with E-state index in [-0.39, 0.29) is 10.7 Å². The monoisotopic (exact) mass is 585 g/mol. The highest BCUT2D eigenvalue weighted by atomic mass is 32.2. The van der Waals surface area contributed by atoms with Gasteiger partial charge in [-0.25, -0.2) is 8.42 Å². The van der Waals surface area contributed by atoms with Gasteiger partial charge in [-0.1, -0.05) is 68.8 Å². The van der Waals surface area contributed by atoms with E-state index in [2.05, 4.69) is 11.1 Å². The molecule has 0 saturated heterocycles. The van der Waals surface area contributed by atoms with E-state index in [1.165, 1.54) is 16.7 Å². The molecule has 4 rings (SSSR count). The number of unbranched alkanes of at least 4 members (excludes halogenated alkanes) is 1. The Kier molecular flexibility index (Phi) is 9.00. The van der Waals surface area contributed by atoms with Gasteiger partial charge in [0.25, 0.3) is 5.56 Å². The zero-order chi connectivity index (χ0) is 30.7. The highest BCUT2D eigenvalue weighted by Gasteiger charge is 2.32. The molecule has 0 bridgehead atoms. The third-order valence-electron chi connectivity index (χ3n) is 7.35. The zero-order valence-electron chi connectivity index (χ0n) is 24.2. The lowest BCUT2D eigenvalue weighted by atomic mass is 9.95. The molecule has 0 spiro atoms. The molecule has 0 fully saturated rings. The van der Waals surface area contributed by atoms with Gasteiger partial charge in [0, 0.05) is 6.42 Å². The molecular weight excluding hydrogens is 550 g/mol. The lowest BCUT2D eigenvalue weighted by Gasteiger charge is -2.25. The van der Waals surface area contributed by atoms with Crippen LogP contribution in [-0.2, 0) is 21.9 Å². The summed E-state index contributed by atoms with van der Waals surface area (Å²) in [6.07, 6.45) is 2.32. The summed E-state index contributed by atoms with van der Waals surface area (Å²) in [5, 5.41) is 31.1. The van der Waals surface area contributed by atoms with E-state index in [1.54, 1.807) is 50.2 Å². The topological polar surface area (TPSA) is 133 Å². The average Bonchev–Trinajstić information content (AvgIpc) is 2.97. The number of sulfone groups is 1. The number of aromatic hydroxyl groups is 1. The van der Waals surface area contributed by atoms with Crippen LogP contribution in [0.15, 0.2) is 87.4 Å². The number of rotatable bonds is 10. The maximum atomic E-state index is 13.8. The number of aryl methyl sites for hydroxylation is 1. The molecule has 1 unspecified atom stereocenters. The molecule has 1 aromatic heterocycles. The highest BCUT2D eigenvalue weighted by Crippen LogP contribution is 2.34. The lowest BCUT2D eigenvalue weighted by molar-refractivity contribution is 0.0786. The van der Waals surface area contributed by atoms with E-state index < -0.39 is 37.8 Å². The Morgan fingerprint density at radius 3 is 2.17 bits per heavy atom. The van der Waals surface area contributed by atoms with Gasteiger partial charge >= 0.3 is 0 Å². The van der Waals surface area contributed by atoms with Crippen LogP contribution >= 0.6 is 0 Å². The van der Waals surface area contributed by atoms with E-state index in [0.717, 1.165) is 23.1 Å². The summed E-state index contributed by atoms with van der Waals surface area (Å²) in [4.78, 5) is 16.5. The first-order valence-electron chi connectivity index (χ1n) is 13.9.